The van der Waals surface area contributed by atoms with Gasteiger partial charge >= 0.3 is 0 Å². The van der Waals surface area contributed by atoms with Crippen molar-refractivity contribution in [2.75, 3.05) is 13.1 Å². The molecule has 2 heteroatoms. The van der Waals surface area contributed by atoms with E-state index in [1.165, 1.54) is 37.1 Å². The first-order valence-electron chi connectivity index (χ1n) is 8.02. The Morgan fingerprint density at radius 2 is 1.79 bits per heavy atom. The second-order valence-corrected chi connectivity index (χ2v) is 5.03. The maximum atomic E-state index is 4.91. The smallest absolute Gasteiger partial charge is 0.0438 e. The van der Waals surface area contributed by atoms with Gasteiger partial charge in [-0.25, -0.2) is 0 Å². The molecule has 19 heavy (non-hydrogen) atoms. The molecule has 108 valence electrons. The fourth-order valence-electron chi connectivity index (χ4n) is 2.75. The second kappa shape index (κ2) is 9.08. The minimum atomic E-state index is 0.636. The number of pyridine rings is 1. The van der Waals surface area contributed by atoms with Crippen molar-refractivity contribution in [2.45, 2.75) is 65.2 Å². The van der Waals surface area contributed by atoms with Crippen LogP contribution in [0.15, 0.2) is 18.2 Å². The number of rotatable bonds is 4. The number of hydrogen-bond donors (Lipinski definition) is 1. The molecular formula is C17H30N2. The normalized spacial score (nSPS) is 16.1. The zero-order valence-corrected chi connectivity index (χ0v) is 13.1. The van der Waals surface area contributed by atoms with Crippen molar-refractivity contribution < 1.29 is 0 Å². The summed E-state index contributed by atoms with van der Waals surface area (Å²) >= 11 is 0. The summed E-state index contributed by atoms with van der Waals surface area (Å²) in [6, 6.07) is 6.60. The molecule has 0 radical (unpaired) electrons. The van der Waals surface area contributed by atoms with E-state index < -0.39 is 0 Å². The van der Waals surface area contributed by atoms with E-state index in [1.807, 2.05) is 13.8 Å². The van der Waals surface area contributed by atoms with Crippen molar-refractivity contribution in [3.05, 3.63) is 29.6 Å². The van der Waals surface area contributed by atoms with E-state index in [0.717, 1.165) is 13.1 Å². The third-order valence-corrected chi connectivity index (χ3v) is 3.95. The van der Waals surface area contributed by atoms with Gasteiger partial charge in [0.15, 0.2) is 0 Å². The summed E-state index contributed by atoms with van der Waals surface area (Å²) in [5.41, 5.74) is 2.61. The number of nitrogens with one attached hydrogen (secondary N) is 1. The van der Waals surface area contributed by atoms with Gasteiger partial charge in [0, 0.05) is 23.2 Å². The molecular weight excluding hydrogens is 232 g/mol. The summed E-state index contributed by atoms with van der Waals surface area (Å²) in [4.78, 5) is 4.91. The minimum absolute atomic E-state index is 0.636. The lowest BCUT2D eigenvalue weighted by atomic mass is 9.92. The van der Waals surface area contributed by atoms with Gasteiger partial charge in [0.05, 0.1) is 0 Å². The molecule has 0 unspecified atom stereocenters. The molecule has 1 N–H and O–H groups in total. The lowest BCUT2D eigenvalue weighted by molar-refractivity contribution is 0.451. The third-order valence-electron chi connectivity index (χ3n) is 3.95. The number of aromatic nitrogens is 1. The Kier molecular flexibility index (Phi) is 7.73. The molecule has 0 spiro atoms. The lowest BCUT2D eigenvalue weighted by Crippen LogP contribution is -2.27. The van der Waals surface area contributed by atoms with Crippen molar-refractivity contribution in [3.8, 4) is 0 Å². The third kappa shape index (κ3) is 4.61. The van der Waals surface area contributed by atoms with Crippen LogP contribution in [-0.4, -0.2) is 18.1 Å². The van der Waals surface area contributed by atoms with Crippen molar-refractivity contribution in [1.29, 1.82) is 0 Å². The molecule has 0 saturated carbocycles. The summed E-state index contributed by atoms with van der Waals surface area (Å²) in [6.45, 7) is 10.8. The Balaban J connectivity index is 0.000000861. The van der Waals surface area contributed by atoms with E-state index in [4.69, 9.17) is 4.98 Å². The molecule has 0 aromatic carbocycles. The van der Waals surface area contributed by atoms with E-state index in [2.05, 4.69) is 37.4 Å². The van der Waals surface area contributed by atoms with Gasteiger partial charge in [-0.1, -0.05) is 33.8 Å². The second-order valence-electron chi connectivity index (χ2n) is 5.03. The van der Waals surface area contributed by atoms with E-state index in [-0.39, 0.29) is 0 Å². The summed E-state index contributed by atoms with van der Waals surface area (Å²) in [6.07, 6.45) is 4.86. The summed E-state index contributed by atoms with van der Waals surface area (Å²) in [5.74, 6) is 1.31. The molecule has 1 aromatic heterocycles. The van der Waals surface area contributed by atoms with Gasteiger partial charge in [0.25, 0.3) is 0 Å². The minimum Gasteiger partial charge on any atom is -0.317 e. The number of nitrogens with zero attached hydrogens (tertiary/aromatic N) is 1. The van der Waals surface area contributed by atoms with Crippen molar-refractivity contribution in [3.63, 3.8) is 0 Å². The van der Waals surface area contributed by atoms with Crippen LogP contribution >= 0.6 is 0 Å². The zero-order valence-electron chi connectivity index (χ0n) is 13.1. The molecule has 2 rings (SSSR count). The van der Waals surface area contributed by atoms with Gasteiger partial charge in [-0.15, -0.1) is 0 Å². The van der Waals surface area contributed by atoms with Crippen LogP contribution in [0.4, 0.5) is 0 Å². The fourth-order valence-corrected chi connectivity index (χ4v) is 2.75. The van der Waals surface area contributed by atoms with Crippen LogP contribution in [0, 0.1) is 0 Å². The Labute approximate surface area is 119 Å². The summed E-state index contributed by atoms with van der Waals surface area (Å²) in [7, 11) is 0. The number of hydrogen-bond acceptors (Lipinski definition) is 2. The topological polar surface area (TPSA) is 24.9 Å². The average Bonchev–Trinajstić information content (AvgIpc) is 2.52. The van der Waals surface area contributed by atoms with E-state index in [1.54, 1.807) is 0 Å². The molecule has 1 aliphatic rings. The maximum absolute atomic E-state index is 4.91. The molecule has 2 heterocycles. The van der Waals surface area contributed by atoms with Gasteiger partial charge in [0.2, 0.25) is 0 Å². The largest absolute Gasteiger partial charge is 0.317 e. The molecule has 0 atom stereocenters. The Bertz CT molecular complexity index is 339. The van der Waals surface area contributed by atoms with Crippen LogP contribution in [0.2, 0.25) is 0 Å². The SMILES string of the molecule is CC.CCC(CC)c1cccc(C2CCNCC2)n1. The van der Waals surface area contributed by atoms with E-state index >= 15 is 0 Å². The molecule has 1 fully saturated rings. The first kappa shape index (κ1) is 16.2. The Morgan fingerprint density at radius 3 is 2.37 bits per heavy atom. The fraction of sp³-hybridized carbons (Fsp3) is 0.706. The molecule has 1 aromatic rings. The predicted octanol–water partition coefficient (Wildman–Crippen LogP) is 4.48. The maximum Gasteiger partial charge on any atom is 0.0438 e. The van der Waals surface area contributed by atoms with Gasteiger partial charge < -0.3 is 5.32 Å². The predicted molar refractivity (Wildman–Crippen MR) is 83.8 cm³/mol. The van der Waals surface area contributed by atoms with Crippen LogP contribution < -0.4 is 5.32 Å². The summed E-state index contributed by atoms with van der Waals surface area (Å²) < 4.78 is 0. The first-order chi connectivity index (χ1) is 9.35. The van der Waals surface area contributed by atoms with Gasteiger partial charge in [-0.3, -0.25) is 4.98 Å². The first-order valence-corrected chi connectivity index (χ1v) is 8.02. The average molecular weight is 262 g/mol. The van der Waals surface area contributed by atoms with Gasteiger partial charge in [0.1, 0.15) is 0 Å². The molecule has 1 aliphatic heterocycles. The standard InChI is InChI=1S/C15H24N2.C2H6/c1-3-12(4-2)14-6-5-7-15(17-14)13-8-10-16-11-9-13;1-2/h5-7,12-13,16H,3-4,8-11H2,1-2H3;1-2H3. The van der Waals surface area contributed by atoms with Crippen LogP contribution in [0.1, 0.15) is 76.6 Å². The monoisotopic (exact) mass is 262 g/mol. The highest BCUT2D eigenvalue weighted by Crippen LogP contribution is 2.27. The van der Waals surface area contributed by atoms with Crippen molar-refractivity contribution in [1.82, 2.24) is 10.3 Å². The zero-order chi connectivity index (χ0) is 14.1. The summed E-state index contributed by atoms with van der Waals surface area (Å²) in [5, 5.41) is 3.42. The molecule has 0 bridgehead atoms. The molecule has 2 nitrogen and oxygen atoms in total. The van der Waals surface area contributed by atoms with Crippen LogP contribution in [0.25, 0.3) is 0 Å². The van der Waals surface area contributed by atoms with Crippen LogP contribution in [-0.2, 0) is 0 Å². The van der Waals surface area contributed by atoms with E-state index in [0.29, 0.717) is 11.8 Å². The quantitative estimate of drug-likeness (QED) is 0.865. The highest BCUT2D eigenvalue weighted by atomic mass is 14.9. The van der Waals surface area contributed by atoms with Crippen LogP contribution in [0.3, 0.4) is 0 Å². The molecule has 0 aliphatic carbocycles. The van der Waals surface area contributed by atoms with Gasteiger partial charge in [-0.05, 0) is 50.9 Å². The Hall–Kier alpha value is -0.890. The lowest BCUT2D eigenvalue weighted by Gasteiger charge is -2.23. The van der Waals surface area contributed by atoms with Crippen LogP contribution in [0.5, 0.6) is 0 Å². The number of piperidine rings is 1. The highest BCUT2D eigenvalue weighted by Gasteiger charge is 2.17. The van der Waals surface area contributed by atoms with E-state index in [9.17, 15) is 0 Å². The molecule has 1 saturated heterocycles. The highest BCUT2D eigenvalue weighted by molar-refractivity contribution is 5.18. The van der Waals surface area contributed by atoms with Crippen molar-refractivity contribution in [2.24, 2.45) is 0 Å². The Morgan fingerprint density at radius 1 is 1.16 bits per heavy atom. The van der Waals surface area contributed by atoms with Crippen molar-refractivity contribution >= 4 is 0 Å². The molecule has 0 amide bonds. The van der Waals surface area contributed by atoms with Gasteiger partial charge in [-0.2, -0.15) is 0 Å².